The van der Waals surface area contributed by atoms with E-state index in [1.165, 1.54) is 16.0 Å². The zero-order chi connectivity index (χ0) is 12.7. The SMILES string of the molecule is COC(/C=C(\C)CSc1ccccc1C)OC. The Morgan fingerprint density at radius 2 is 1.94 bits per heavy atom. The van der Waals surface area contributed by atoms with E-state index in [2.05, 4.69) is 38.1 Å². The second-order valence-corrected chi connectivity index (χ2v) is 4.92. The Labute approximate surface area is 108 Å². The van der Waals surface area contributed by atoms with Gasteiger partial charge in [0.05, 0.1) is 0 Å². The van der Waals surface area contributed by atoms with Gasteiger partial charge in [-0.3, -0.25) is 0 Å². The molecule has 0 spiro atoms. The van der Waals surface area contributed by atoms with Crippen LogP contribution in [0.4, 0.5) is 0 Å². The minimum Gasteiger partial charge on any atom is -0.352 e. The molecule has 0 aliphatic carbocycles. The maximum Gasteiger partial charge on any atom is 0.176 e. The van der Waals surface area contributed by atoms with Gasteiger partial charge in [-0.2, -0.15) is 0 Å². The topological polar surface area (TPSA) is 18.5 Å². The Bertz CT molecular complexity index is 370. The minimum absolute atomic E-state index is 0.243. The lowest BCUT2D eigenvalue weighted by molar-refractivity contribution is -0.0670. The van der Waals surface area contributed by atoms with Crippen molar-refractivity contribution in [3.63, 3.8) is 0 Å². The lowest BCUT2D eigenvalue weighted by Gasteiger charge is -2.10. The van der Waals surface area contributed by atoms with E-state index in [0.717, 1.165) is 5.75 Å². The van der Waals surface area contributed by atoms with Crippen molar-refractivity contribution in [1.29, 1.82) is 0 Å². The summed E-state index contributed by atoms with van der Waals surface area (Å²) in [6, 6.07) is 8.42. The third-order valence-corrected chi connectivity index (χ3v) is 3.80. The number of thioether (sulfide) groups is 1. The normalized spacial score (nSPS) is 12.2. The van der Waals surface area contributed by atoms with Crippen molar-refractivity contribution >= 4 is 11.8 Å². The van der Waals surface area contributed by atoms with Gasteiger partial charge in [-0.05, 0) is 31.6 Å². The zero-order valence-corrected chi connectivity index (χ0v) is 11.7. The van der Waals surface area contributed by atoms with Gasteiger partial charge in [0.25, 0.3) is 0 Å². The smallest absolute Gasteiger partial charge is 0.176 e. The van der Waals surface area contributed by atoms with Gasteiger partial charge in [-0.25, -0.2) is 0 Å². The lowest BCUT2D eigenvalue weighted by Crippen LogP contribution is -2.10. The molecule has 1 aromatic carbocycles. The highest BCUT2D eigenvalue weighted by atomic mass is 32.2. The molecule has 0 N–H and O–H groups in total. The summed E-state index contributed by atoms with van der Waals surface area (Å²) in [4.78, 5) is 1.33. The third-order valence-electron chi connectivity index (χ3n) is 2.43. The van der Waals surface area contributed by atoms with E-state index >= 15 is 0 Å². The Morgan fingerprint density at radius 3 is 2.53 bits per heavy atom. The van der Waals surface area contributed by atoms with Crippen LogP contribution in [0.2, 0.25) is 0 Å². The molecule has 0 aliphatic heterocycles. The molecule has 0 atom stereocenters. The molecule has 0 heterocycles. The molecule has 0 unspecified atom stereocenters. The van der Waals surface area contributed by atoms with Gasteiger partial charge in [-0.15, -0.1) is 11.8 Å². The molecule has 0 fully saturated rings. The average molecular weight is 252 g/mol. The fraction of sp³-hybridized carbons (Fsp3) is 0.429. The maximum atomic E-state index is 5.14. The van der Waals surface area contributed by atoms with E-state index in [-0.39, 0.29) is 6.29 Å². The molecular weight excluding hydrogens is 232 g/mol. The molecule has 0 amide bonds. The summed E-state index contributed by atoms with van der Waals surface area (Å²) in [6.07, 6.45) is 1.76. The van der Waals surface area contributed by atoms with Gasteiger partial charge in [-0.1, -0.05) is 23.8 Å². The first kappa shape index (κ1) is 14.3. The van der Waals surface area contributed by atoms with E-state index in [9.17, 15) is 0 Å². The van der Waals surface area contributed by atoms with Crippen LogP contribution >= 0.6 is 11.8 Å². The summed E-state index contributed by atoms with van der Waals surface area (Å²) < 4.78 is 10.3. The Kier molecular flexibility index (Phi) is 6.34. The van der Waals surface area contributed by atoms with Gasteiger partial charge in [0, 0.05) is 24.9 Å². The van der Waals surface area contributed by atoms with Gasteiger partial charge in [0.2, 0.25) is 0 Å². The zero-order valence-electron chi connectivity index (χ0n) is 10.9. The molecule has 17 heavy (non-hydrogen) atoms. The summed E-state index contributed by atoms with van der Waals surface area (Å²) in [5, 5.41) is 0. The van der Waals surface area contributed by atoms with Crippen LogP contribution in [0, 0.1) is 6.92 Å². The summed E-state index contributed by atoms with van der Waals surface area (Å²) in [6.45, 7) is 4.23. The summed E-state index contributed by atoms with van der Waals surface area (Å²) in [5.41, 5.74) is 2.58. The second kappa shape index (κ2) is 7.54. The van der Waals surface area contributed by atoms with Crippen molar-refractivity contribution in [2.45, 2.75) is 25.0 Å². The molecule has 1 aromatic rings. The van der Waals surface area contributed by atoms with Crippen molar-refractivity contribution < 1.29 is 9.47 Å². The molecule has 0 radical (unpaired) electrons. The fourth-order valence-electron chi connectivity index (χ4n) is 1.42. The second-order valence-electron chi connectivity index (χ2n) is 3.91. The first-order chi connectivity index (χ1) is 8.17. The van der Waals surface area contributed by atoms with E-state index in [1.54, 1.807) is 14.2 Å². The van der Waals surface area contributed by atoms with Crippen LogP contribution in [-0.2, 0) is 9.47 Å². The van der Waals surface area contributed by atoms with E-state index in [1.807, 2.05) is 17.8 Å². The fourth-order valence-corrected chi connectivity index (χ4v) is 2.37. The molecule has 0 saturated heterocycles. The van der Waals surface area contributed by atoms with Crippen molar-refractivity contribution in [3.05, 3.63) is 41.5 Å². The third kappa shape index (κ3) is 4.94. The van der Waals surface area contributed by atoms with Gasteiger partial charge < -0.3 is 9.47 Å². The standard InChI is InChI=1S/C14H20O2S/c1-11(9-14(15-3)16-4)10-17-13-8-6-5-7-12(13)2/h5-9,14H,10H2,1-4H3/b11-9+. The van der Waals surface area contributed by atoms with Crippen LogP contribution < -0.4 is 0 Å². The van der Waals surface area contributed by atoms with E-state index < -0.39 is 0 Å². The first-order valence-corrected chi connectivity index (χ1v) is 6.57. The molecule has 3 heteroatoms. The molecule has 0 saturated carbocycles. The van der Waals surface area contributed by atoms with Crippen molar-refractivity contribution in [3.8, 4) is 0 Å². The Hall–Kier alpha value is -0.770. The first-order valence-electron chi connectivity index (χ1n) is 5.58. The molecular formula is C14H20O2S. The minimum atomic E-state index is -0.243. The van der Waals surface area contributed by atoms with Crippen LogP contribution in [0.25, 0.3) is 0 Å². The maximum absolute atomic E-state index is 5.14. The largest absolute Gasteiger partial charge is 0.352 e. The van der Waals surface area contributed by atoms with Crippen molar-refractivity contribution in [1.82, 2.24) is 0 Å². The van der Waals surface area contributed by atoms with Gasteiger partial charge in [0.15, 0.2) is 6.29 Å². The summed E-state index contributed by atoms with van der Waals surface area (Å²) in [7, 11) is 3.29. The predicted molar refractivity (Wildman–Crippen MR) is 73.5 cm³/mol. The number of rotatable bonds is 6. The lowest BCUT2D eigenvalue weighted by atomic mass is 10.2. The Morgan fingerprint density at radius 1 is 1.29 bits per heavy atom. The number of ether oxygens (including phenoxy) is 2. The van der Waals surface area contributed by atoms with E-state index in [4.69, 9.17) is 9.47 Å². The van der Waals surface area contributed by atoms with Crippen molar-refractivity contribution in [2.24, 2.45) is 0 Å². The number of benzene rings is 1. The highest BCUT2D eigenvalue weighted by Crippen LogP contribution is 2.23. The highest BCUT2D eigenvalue weighted by molar-refractivity contribution is 7.99. The highest BCUT2D eigenvalue weighted by Gasteiger charge is 2.02. The number of hydrogen-bond acceptors (Lipinski definition) is 3. The predicted octanol–water partition coefficient (Wildman–Crippen LogP) is 3.65. The van der Waals surface area contributed by atoms with Crippen LogP contribution in [-0.4, -0.2) is 26.3 Å². The number of hydrogen-bond donors (Lipinski definition) is 0. The van der Waals surface area contributed by atoms with Crippen LogP contribution in [0.1, 0.15) is 12.5 Å². The quantitative estimate of drug-likeness (QED) is 0.437. The molecule has 1 rings (SSSR count). The summed E-state index contributed by atoms with van der Waals surface area (Å²) >= 11 is 1.84. The Balaban J connectivity index is 2.53. The van der Waals surface area contributed by atoms with Crippen LogP contribution in [0.15, 0.2) is 40.8 Å². The molecule has 94 valence electrons. The summed E-state index contributed by atoms with van der Waals surface area (Å²) in [5.74, 6) is 0.952. The number of aryl methyl sites for hydroxylation is 1. The van der Waals surface area contributed by atoms with Crippen molar-refractivity contribution in [2.75, 3.05) is 20.0 Å². The van der Waals surface area contributed by atoms with Gasteiger partial charge >= 0.3 is 0 Å². The monoisotopic (exact) mass is 252 g/mol. The molecule has 0 aliphatic rings. The average Bonchev–Trinajstić information content (AvgIpc) is 2.35. The molecule has 0 aromatic heterocycles. The number of methoxy groups -OCH3 is 2. The molecule has 0 bridgehead atoms. The van der Waals surface area contributed by atoms with Crippen LogP contribution in [0.3, 0.4) is 0 Å². The molecule has 2 nitrogen and oxygen atoms in total. The van der Waals surface area contributed by atoms with Crippen LogP contribution in [0.5, 0.6) is 0 Å². The van der Waals surface area contributed by atoms with E-state index in [0.29, 0.717) is 0 Å². The van der Waals surface area contributed by atoms with Gasteiger partial charge in [0.1, 0.15) is 0 Å².